The van der Waals surface area contributed by atoms with E-state index in [1.165, 1.54) is 0 Å². The smallest absolute Gasteiger partial charge is 0.319 e. The fourth-order valence-corrected chi connectivity index (χ4v) is 2.50. The van der Waals surface area contributed by atoms with Gasteiger partial charge in [-0.3, -0.25) is 0 Å². The number of nitrogens with one attached hydrogen (secondary N) is 2. The number of benzene rings is 1. The monoisotopic (exact) mass is 298 g/mol. The van der Waals surface area contributed by atoms with Crippen LogP contribution in [0.25, 0.3) is 0 Å². The van der Waals surface area contributed by atoms with Crippen LogP contribution >= 0.6 is 11.6 Å². The number of rotatable bonds is 3. The Morgan fingerprint density at radius 2 is 2.15 bits per heavy atom. The Kier molecular flexibility index (Phi) is 5.09. The molecule has 1 fully saturated rings. The minimum absolute atomic E-state index is 0.201. The Bertz CT molecular complexity index is 481. The second-order valence-electron chi connectivity index (χ2n) is 4.90. The van der Waals surface area contributed by atoms with Gasteiger partial charge in [0.05, 0.1) is 30.0 Å². The van der Waals surface area contributed by atoms with Gasteiger partial charge in [0.2, 0.25) is 0 Å². The van der Waals surface area contributed by atoms with E-state index in [9.17, 15) is 9.90 Å². The highest BCUT2D eigenvalue weighted by molar-refractivity contribution is 6.33. The van der Waals surface area contributed by atoms with Gasteiger partial charge < -0.3 is 20.5 Å². The largest absolute Gasteiger partial charge is 0.497 e. The molecule has 0 bridgehead atoms. The molecule has 5 nitrogen and oxygen atoms in total. The number of hydrogen-bond acceptors (Lipinski definition) is 3. The Hall–Kier alpha value is -1.46. The summed E-state index contributed by atoms with van der Waals surface area (Å²) in [5.41, 5.74) is 0.480. The van der Waals surface area contributed by atoms with Crippen LogP contribution in [-0.4, -0.2) is 30.4 Å². The van der Waals surface area contributed by atoms with Crippen LogP contribution in [0, 0.1) is 0 Å². The van der Waals surface area contributed by atoms with Crippen molar-refractivity contribution in [3.8, 4) is 5.75 Å². The van der Waals surface area contributed by atoms with Gasteiger partial charge in [-0.15, -0.1) is 0 Å². The number of anilines is 1. The van der Waals surface area contributed by atoms with Crippen molar-refractivity contribution in [2.24, 2.45) is 0 Å². The van der Waals surface area contributed by atoms with Crippen molar-refractivity contribution in [1.29, 1.82) is 0 Å². The molecule has 0 heterocycles. The van der Waals surface area contributed by atoms with E-state index in [0.29, 0.717) is 16.5 Å². The van der Waals surface area contributed by atoms with E-state index in [-0.39, 0.29) is 12.1 Å². The van der Waals surface area contributed by atoms with Gasteiger partial charge in [0.15, 0.2) is 0 Å². The highest BCUT2D eigenvalue weighted by Gasteiger charge is 2.24. The molecule has 2 amide bonds. The molecule has 1 saturated carbocycles. The van der Waals surface area contributed by atoms with Crippen LogP contribution in [0.1, 0.15) is 25.7 Å². The fraction of sp³-hybridized carbons (Fsp3) is 0.500. The Balaban J connectivity index is 1.97. The molecule has 2 atom stereocenters. The van der Waals surface area contributed by atoms with Crippen LogP contribution in [-0.2, 0) is 0 Å². The van der Waals surface area contributed by atoms with Crippen molar-refractivity contribution in [1.82, 2.24) is 5.32 Å². The standard InChI is InChI=1S/C14H19ClN2O3/c1-20-9-6-7-10(15)12(8-9)17-14(19)16-11-4-2-3-5-13(11)18/h6-8,11,13,18H,2-5H2,1H3,(H2,16,17,19). The second-order valence-corrected chi connectivity index (χ2v) is 5.31. The van der Waals surface area contributed by atoms with Gasteiger partial charge in [-0.2, -0.15) is 0 Å². The first kappa shape index (κ1) is 14.9. The summed E-state index contributed by atoms with van der Waals surface area (Å²) in [7, 11) is 1.55. The van der Waals surface area contributed by atoms with Crippen molar-refractivity contribution in [3.05, 3.63) is 23.2 Å². The number of carbonyl (C=O) groups excluding carboxylic acids is 1. The average molecular weight is 299 g/mol. The molecule has 0 radical (unpaired) electrons. The molecule has 3 N–H and O–H groups in total. The molecule has 0 spiro atoms. The molecule has 0 saturated heterocycles. The van der Waals surface area contributed by atoms with Crippen LogP contribution < -0.4 is 15.4 Å². The van der Waals surface area contributed by atoms with Crippen molar-refractivity contribution < 1.29 is 14.6 Å². The van der Waals surface area contributed by atoms with E-state index >= 15 is 0 Å². The zero-order valence-corrected chi connectivity index (χ0v) is 12.1. The number of methoxy groups -OCH3 is 1. The first-order chi connectivity index (χ1) is 9.60. The number of amides is 2. The third kappa shape index (κ3) is 3.77. The summed E-state index contributed by atoms with van der Waals surface area (Å²) in [6, 6.07) is 4.46. The van der Waals surface area contributed by atoms with Crippen molar-refractivity contribution >= 4 is 23.3 Å². The van der Waals surface area contributed by atoms with Gasteiger partial charge in [-0.25, -0.2) is 4.79 Å². The molecular weight excluding hydrogens is 280 g/mol. The van der Waals surface area contributed by atoms with Gasteiger partial charge in [-0.05, 0) is 25.0 Å². The molecular formula is C14H19ClN2O3. The summed E-state index contributed by atoms with van der Waals surface area (Å²) in [4.78, 5) is 11.9. The van der Waals surface area contributed by atoms with E-state index in [2.05, 4.69) is 10.6 Å². The Morgan fingerprint density at radius 3 is 2.85 bits per heavy atom. The number of aliphatic hydroxyl groups is 1. The molecule has 1 aliphatic rings. The molecule has 1 aromatic carbocycles. The number of ether oxygens (including phenoxy) is 1. The zero-order chi connectivity index (χ0) is 14.5. The number of hydrogen-bond donors (Lipinski definition) is 3. The predicted octanol–water partition coefficient (Wildman–Crippen LogP) is 2.77. The first-order valence-corrected chi connectivity index (χ1v) is 7.07. The quantitative estimate of drug-likeness (QED) is 0.803. The van der Waals surface area contributed by atoms with Gasteiger partial charge >= 0.3 is 6.03 Å². The SMILES string of the molecule is COc1ccc(Cl)c(NC(=O)NC2CCCCC2O)c1. The third-order valence-electron chi connectivity index (χ3n) is 3.47. The molecule has 2 rings (SSSR count). The summed E-state index contributed by atoms with van der Waals surface area (Å²) < 4.78 is 5.09. The van der Waals surface area contributed by atoms with E-state index < -0.39 is 6.10 Å². The summed E-state index contributed by atoms with van der Waals surface area (Å²) in [6.45, 7) is 0. The number of halogens is 1. The number of carbonyl (C=O) groups is 1. The van der Waals surface area contributed by atoms with E-state index in [0.717, 1.165) is 25.7 Å². The van der Waals surface area contributed by atoms with E-state index in [1.807, 2.05) is 0 Å². The zero-order valence-electron chi connectivity index (χ0n) is 11.4. The summed E-state index contributed by atoms with van der Waals surface area (Å²) in [6.07, 6.45) is 3.06. The van der Waals surface area contributed by atoms with E-state index in [4.69, 9.17) is 16.3 Å². The molecule has 6 heteroatoms. The maximum atomic E-state index is 11.9. The topological polar surface area (TPSA) is 70.6 Å². The number of aliphatic hydroxyl groups excluding tert-OH is 1. The van der Waals surface area contributed by atoms with Crippen LogP contribution in [0.5, 0.6) is 5.75 Å². The highest BCUT2D eigenvalue weighted by Crippen LogP contribution is 2.26. The van der Waals surface area contributed by atoms with Crippen LogP contribution in [0.2, 0.25) is 5.02 Å². The maximum absolute atomic E-state index is 11.9. The Morgan fingerprint density at radius 1 is 1.40 bits per heavy atom. The minimum atomic E-state index is -0.477. The van der Waals surface area contributed by atoms with Crippen molar-refractivity contribution in [2.45, 2.75) is 37.8 Å². The minimum Gasteiger partial charge on any atom is -0.497 e. The lowest BCUT2D eigenvalue weighted by Gasteiger charge is -2.28. The molecule has 1 aliphatic carbocycles. The van der Waals surface area contributed by atoms with Crippen molar-refractivity contribution in [3.63, 3.8) is 0 Å². The van der Waals surface area contributed by atoms with Gasteiger partial charge in [0.25, 0.3) is 0 Å². The van der Waals surface area contributed by atoms with Crippen LogP contribution in [0.15, 0.2) is 18.2 Å². The molecule has 2 unspecified atom stereocenters. The molecule has 1 aromatic rings. The average Bonchev–Trinajstić information content (AvgIpc) is 2.44. The first-order valence-electron chi connectivity index (χ1n) is 6.69. The summed E-state index contributed by atoms with van der Waals surface area (Å²) in [5.74, 6) is 0.613. The van der Waals surface area contributed by atoms with Crippen LogP contribution in [0.4, 0.5) is 10.5 Å². The van der Waals surface area contributed by atoms with Gasteiger partial charge in [-0.1, -0.05) is 24.4 Å². The molecule has 0 aromatic heterocycles. The lowest BCUT2D eigenvalue weighted by Crippen LogP contribution is -2.46. The lowest BCUT2D eigenvalue weighted by molar-refractivity contribution is 0.0955. The Labute approximate surface area is 123 Å². The van der Waals surface area contributed by atoms with Gasteiger partial charge in [0.1, 0.15) is 5.75 Å². The maximum Gasteiger partial charge on any atom is 0.319 e. The predicted molar refractivity (Wildman–Crippen MR) is 78.4 cm³/mol. The van der Waals surface area contributed by atoms with Crippen LogP contribution in [0.3, 0.4) is 0 Å². The molecule has 110 valence electrons. The summed E-state index contributed by atoms with van der Waals surface area (Å²) in [5, 5.41) is 15.7. The highest BCUT2D eigenvalue weighted by atomic mass is 35.5. The normalized spacial score (nSPS) is 22.1. The second kappa shape index (κ2) is 6.81. The lowest BCUT2D eigenvalue weighted by atomic mass is 9.93. The molecule has 20 heavy (non-hydrogen) atoms. The van der Waals surface area contributed by atoms with Gasteiger partial charge in [0, 0.05) is 6.07 Å². The van der Waals surface area contributed by atoms with E-state index in [1.54, 1.807) is 25.3 Å². The third-order valence-corrected chi connectivity index (χ3v) is 3.80. The van der Waals surface area contributed by atoms with Crippen molar-refractivity contribution in [2.75, 3.05) is 12.4 Å². The number of urea groups is 1. The molecule has 0 aliphatic heterocycles. The summed E-state index contributed by atoms with van der Waals surface area (Å²) >= 11 is 6.02. The fourth-order valence-electron chi connectivity index (χ4n) is 2.33.